The van der Waals surface area contributed by atoms with Crippen molar-refractivity contribution in [2.24, 2.45) is 5.41 Å². The zero-order chi connectivity index (χ0) is 18.4. The Labute approximate surface area is 151 Å². The van der Waals surface area contributed by atoms with Crippen molar-refractivity contribution in [3.8, 4) is 0 Å². The number of hydrogen-bond acceptors (Lipinski definition) is 5. The van der Waals surface area contributed by atoms with Crippen molar-refractivity contribution in [2.75, 3.05) is 5.73 Å². The average molecular weight is 362 g/mol. The number of aryl methyl sites for hydroxylation is 1. The van der Waals surface area contributed by atoms with E-state index in [1.165, 1.54) is 11.3 Å². The number of rotatable bonds is 4. The van der Waals surface area contributed by atoms with Gasteiger partial charge < -0.3 is 15.9 Å². The smallest absolute Gasteiger partial charge is 0.348 e. The minimum atomic E-state index is -0.994. The van der Waals surface area contributed by atoms with E-state index >= 15 is 0 Å². The van der Waals surface area contributed by atoms with E-state index in [0.717, 1.165) is 53.6 Å². The molecule has 0 bridgehead atoms. The van der Waals surface area contributed by atoms with Crippen LogP contribution in [0.3, 0.4) is 0 Å². The second-order valence-corrected chi connectivity index (χ2v) is 8.77. The number of aromatic carboxylic acids is 1. The quantitative estimate of drug-likeness (QED) is 0.758. The number of aliphatic hydroxyl groups excluding tert-OH is 1. The number of nitrogen functional groups attached to an aromatic ring is 1. The summed E-state index contributed by atoms with van der Waals surface area (Å²) in [4.78, 5) is 17.1. The maximum absolute atomic E-state index is 11.4. The van der Waals surface area contributed by atoms with Gasteiger partial charge in [0.2, 0.25) is 0 Å². The first kappa shape index (κ1) is 18.1. The maximum Gasteiger partial charge on any atom is 0.348 e. The predicted octanol–water partition coefficient (Wildman–Crippen LogP) is 4.18. The molecule has 0 saturated heterocycles. The summed E-state index contributed by atoms with van der Waals surface area (Å²) in [6, 6.07) is 2.11. The monoisotopic (exact) mass is 362 g/mol. The van der Waals surface area contributed by atoms with Crippen LogP contribution < -0.4 is 5.73 Å². The summed E-state index contributed by atoms with van der Waals surface area (Å²) in [6.07, 6.45) is 4.09. The van der Waals surface area contributed by atoms with Crippen molar-refractivity contribution in [3.63, 3.8) is 0 Å². The molecular formula is C19H26N2O3S. The van der Waals surface area contributed by atoms with Gasteiger partial charge in [-0.15, -0.1) is 11.3 Å². The Morgan fingerprint density at radius 2 is 2.16 bits per heavy atom. The molecule has 1 saturated carbocycles. The second kappa shape index (κ2) is 6.57. The molecule has 136 valence electrons. The molecule has 0 aliphatic heterocycles. The van der Waals surface area contributed by atoms with Crippen LogP contribution in [0.1, 0.15) is 73.3 Å². The van der Waals surface area contributed by atoms with E-state index in [1.54, 1.807) is 0 Å². The van der Waals surface area contributed by atoms with Crippen molar-refractivity contribution in [1.29, 1.82) is 0 Å². The number of carboxylic acid groups (broad SMARTS) is 1. The highest BCUT2D eigenvalue weighted by Crippen LogP contribution is 2.45. The van der Waals surface area contributed by atoms with Crippen LogP contribution in [0.4, 0.5) is 5.69 Å². The van der Waals surface area contributed by atoms with Crippen LogP contribution >= 0.6 is 11.3 Å². The van der Waals surface area contributed by atoms with Crippen molar-refractivity contribution >= 4 is 33.2 Å². The van der Waals surface area contributed by atoms with Gasteiger partial charge in [-0.05, 0) is 42.7 Å². The predicted molar refractivity (Wildman–Crippen MR) is 101 cm³/mol. The molecule has 2 aromatic heterocycles. The van der Waals surface area contributed by atoms with E-state index in [0.29, 0.717) is 5.69 Å². The number of aromatic nitrogens is 1. The molecule has 1 aliphatic carbocycles. The average Bonchev–Trinajstić information content (AvgIpc) is 2.87. The summed E-state index contributed by atoms with van der Waals surface area (Å²) in [5.74, 6) is -0.707. The highest BCUT2D eigenvalue weighted by atomic mass is 32.1. The Balaban J connectivity index is 2.09. The largest absolute Gasteiger partial charge is 0.477 e. The first-order chi connectivity index (χ1) is 11.7. The molecule has 0 aromatic carbocycles. The van der Waals surface area contributed by atoms with Crippen molar-refractivity contribution in [1.82, 2.24) is 4.98 Å². The summed E-state index contributed by atoms with van der Waals surface area (Å²) in [5.41, 5.74) is 8.42. The normalized spacial score (nSPS) is 23.0. The van der Waals surface area contributed by atoms with Crippen molar-refractivity contribution in [2.45, 2.75) is 64.9 Å². The van der Waals surface area contributed by atoms with Crippen LogP contribution in [0.2, 0.25) is 0 Å². The number of carbonyl (C=O) groups is 1. The summed E-state index contributed by atoms with van der Waals surface area (Å²) in [7, 11) is 0. The molecule has 25 heavy (non-hydrogen) atoms. The molecule has 1 aliphatic rings. The number of nitrogens with two attached hydrogens (primary N) is 1. The van der Waals surface area contributed by atoms with E-state index in [2.05, 4.69) is 26.8 Å². The van der Waals surface area contributed by atoms with Crippen LogP contribution in [-0.4, -0.2) is 27.3 Å². The second-order valence-electron chi connectivity index (χ2n) is 7.77. The van der Waals surface area contributed by atoms with Gasteiger partial charge >= 0.3 is 5.97 Å². The van der Waals surface area contributed by atoms with Gasteiger partial charge in [-0.3, -0.25) is 0 Å². The SMILES string of the molecule is CCCc1cc(C2CCC(O)C(C)(C)C2)nc2sc(C(=O)O)c(N)c12. The Kier molecular flexibility index (Phi) is 4.77. The van der Waals surface area contributed by atoms with Crippen LogP contribution in [-0.2, 0) is 6.42 Å². The van der Waals surface area contributed by atoms with Gasteiger partial charge in [0, 0.05) is 17.0 Å². The number of fused-ring (bicyclic) bond motifs is 1. The summed E-state index contributed by atoms with van der Waals surface area (Å²) in [6.45, 7) is 6.30. The van der Waals surface area contributed by atoms with Crippen LogP contribution in [0.5, 0.6) is 0 Å². The lowest BCUT2D eigenvalue weighted by molar-refractivity contribution is 0.00515. The number of nitrogens with zero attached hydrogens (tertiary/aromatic N) is 1. The Bertz CT molecular complexity index is 813. The lowest BCUT2D eigenvalue weighted by Gasteiger charge is -2.39. The van der Waals surface area contributed by atoms with Gasteiger partial charge in [0.25, 0.3) is 0 Å². The molecule has 2 heterocycles. The lowest BCUT2D eigenvalue weighted by Crippen LogP contribution is -2.35. The molecule has 2 unspecified atom stereocenters. The minimum Gasteiger partial charge on any atom is -0.477 e. The van der Waals surface area contributed by atoms with E-state index in [9.17, 15) is 15.0 Å². The zero-order valence-electron chi connectivity index (χ0n) is 15.0. The molecule has 6 heteroatoms. The van der Waals surface area contributed by atoms with Crippen molar-refractivity contribution in [3.05, 3.63) is 22.2 Å². The molecule has 0 amide bonds. The Hall–Kier alpha value is -1.66. The number of hydrogen-bond donors (Lipinski definition) is 3. The highest BCUT2D eigenvalue weighted by molar-refractivity contribution is 7.21. The first-order valence-electron chi connectivity index (χ1n) is 8.87. The van der Waals surface area contributed by atoms with Gasteiger partial charge in [-0.1, -0.05) is 27.2 Å². The zero-order valence-corrected chi connectivity index (χ0v) is 15.8. The fourth-order valence-corrected chi connectivity index (χ4v) is 4.92. The van der Waals surface area contributed by atoms with Gasteiger partial charge in [-0.25, -0.2) is 9.78 Å². The van der Waals surface area contributed by atoms with E-state index in [4.69, 9.17) is 10.7 Å². The lowest BCUT2D eigenvalue weighted by atomic mass is 9.69. The first-order valence-corrected chi connectivity index (χ1v) is 9.69. The van der Waals surface area contributed by atoms with Gasteiger partial charge in [0.05, 0.1) is 11.8 Å². The van der Waals surface area contributed by atoms with Crippen LogP contribution in [0.15, 0.2) is 6.07 Å². The number of aliphatic hydroxyl groups is 1. The molecule has 0 spiro atoms. The number of carboxylic acids is 1. The third-order valence-corrected chi connectivity index (χ3v) is 6.48. The molecule has 2 atom stereocenters. The fourth-order valence-electron chi connectivity index (χ4n) is 3.93. The molecule has 2 aromatic rings. The number of pyridine rings is 1. The third kappa shape index (κ3) is 3.25. The number of anilines is 1. The fraction of sp³-hybridized carbons (Fsp3) is 0.579. The molecule has 3 rings (SSSR count). The molecule has 0 radical (unpaired) electrons. The topological polar surface area (TPSA) is 96.4 Å². The van der Waals surface area contributed by atoms with Crippen molar-refractivity contribution < 1.29 is 15.0 Å². The standard InChI is InChI=1S/C19H26N2O3S/c1-4-5-10-8-12(11-6-7-13(22)19(2,3)9-11)21-17-14(10)15(20)16(25-17)18(23)24/h8,11,13,22H,4-7,9,20H2,1-3H3,(H,23,24). The van der Waals surface area contributed by atoms with Gasteiger partial charge in [-0.2, -0.15) is 0 Å². The molecular weight excluding hydrogens is 336 g/mol. The maximum atomic E-state index is 11.4. The molecule has 4 N–H and O–H groups in total. The van der Waals surface area contributed by atoms with Crippen LogP contribution in [0, 0.1) is 5.41 Å². The van der Waals surface area contributed by atoms with E-state index in [-0.39, 0.29) is 22.3 Å². The molecule has 5 nitrogen and oxygen atoms in total. The minimum absolute atomic E-state index is 0.134. The Morgan fingerprint density at radius 1 is 1.44 bits per heavy atom. The Morgan fingerprint density at radius 3 is 2.76 bits per heavy atom. The summed E-state index contributed by atoms with van der Waals surface area (Å²) < 4.78 is 0. The summed E-state index contributed by atoms with van der Waals surface area (Å²) in [5, 5.41) is 20.4. The van der Waals surface area contributed by atoms with Gasteiger partial charge in [0.1, 0.15) is 9.71 Å². The highest BCUT2D eigenvalue weighted by Gasteiger charge is 2.37. The number of thiophene rings is 1. The summed E-state index contributed by atoms with van der Waals surface area (Å²) >= 11 is 1.17. The molecule has 1 fully saturated rings. The van der Waals surface area contributed by atoms with Crippen LogP contribution in [0.25, 0.3) is 10.2 Å². The van der Waals surface area contributed by atoms with E-state index < -0.39 is 5.97 Å². The van der Waals surface area contributed by atoms with E-state index in [1.807, 2.05) is 0 Å². The third-order valence-electron chi connectivity index (χ3n) is 5.40. The van der Waals surface area contributed by atoms with Gasteiger partial charge in [0.15, 0.2) is 0 Å².